The Bertz CT molecular complexity index is 989. The molecule has 26 heavy (non-hydrogen) atoms. The van der Waals surface area contributed by atoms with E-state index in [2.05, 4.69) is 40.9 Å². The van der Waals surface area contributed by atoms with Gasteiger partial charge in [0.2, 0.25) is 0 Å². The number of fused-ring (bicyclic) bond motifs is 1. The number of amides is 1. The Morgan fingerprint density at radius 3 is 2.85 bits per heavy atom. The van der Waals surface area contributed by atoms with Gasteiger partial charge in [0.25, 0.3) is 5.91 Å². The summed E-state index contributed by atoms with van der Waals surface area (Å²) < 4.78 is 8.52. The van der Waals surface area contributed by atoms with Crippen LogP contribution in [0.4, 0.5) is 0 Å². The summed E-state index contributed by atoms with van der Waals surface area (Å²) in [6.45, 7) is 2.98. The number of hydrogen-bond acceptors (Lipinski definition) is 4. The Labute approximate surface area is 161 Å². The Balaban J connectivity index is 2.08. The average molecular weight is 387 g/mol. The Morgan fingerprint density at radius 2 is 2.12 bits per heavy atom. The molecule has 3 aromatic rings. The molecule has 1 amide bonds. The molecule has 0 aliphatic heterocycles. The summed E-state index contributed by atoms with van der Waals surface area (Å²) in [6.07, 6.45) is 3.08. The molecule has 4 nitrogen and oxygen atoms in total. The highest BCUT2D eigenvalue weighted by atomic mass is 32.2. The van der Waals surface area contributed by atoms with Gasteiger partial charge >= 0.3 is 0 Å². The molecule has 6 heteroatoms. The standard InChI is InChI=1S/C20H22N2O2S2/c1-4-14-8-9-17-18(12-14)26-20(22(17)10-11-25-3)21-19(23)15-6-5-7-16(13-15)24-2/h5-9,12-13H,4,10-11H2,1-3H3. The number of hydrogen-bond donors (Lipinski definition) is 0. The van der Waals surface area contributed by atoms with Crippen LogP contribution in [0.3, 0.4) is 0 Å². The van der Waals surface area contributed by atoms with Gasteiger partial charge in [-0.15, -0.1) is 0 Å². The number of carbonyl (C=O) groups is 1. The minimum Gasteiger partial charge on any atom is -0.497 e. The van der Waals surface area contributed by atoms with Crippen LogP contribution >= 0.6 is 23.1 Å². The smallest absolute Gasteiger partial charge is 0.279 e. The second kappa shape index (κ2) is 8.56. The first-order valence-electron chi connectivity index (χ1n) is 8.50. The van der Waals surface area contributed by atoms with Crippen molar-refractivity contribution in [1.82, 2.24) is 4.57 Å². The van der Waals surface area contributed by atoms with Crippen molar-refractivity contribution in [3.05, 3.63) is 58.4 Å². The molecule has 0 spiro atoms. The molecular formula is C20H22N2O2S2. The van der Waals surface area contributed by atoms with E-state index in [1.54, 1.807) is 42.3 Å². The second-order valence-electron chi connectivity index (χ2n) is 5.83. The van der Waals surface area contributed by atoms with Crippen LogP contribution in [-0.4, -0.2) is 29.6 Å². The minimum absolute atomic E-state index is 0.246. The van der Waals surface area contributed by atoms with Crippen molar-refractivity contribution in [1.29, 1.82) is 0 Å². The molecule has 0 unspecified atom stereocenters. The molecule has 2 aromatic carbocycles. The zero-order valence-corrected chi connectivity index (χ0v) is 16.8. The molecule has 136 valence electrons. The highest BCUT2D eigenvalue weighted by molar-refractivity contribution is 7.98. The third kappa shape index (κ3) is 4.02. The summed E-state index contributed by atoms with van der Waals surface area (Å²) in [5, 5.41) is 0. The number of methoxy groups -OCH3 is 1. The van der Waals surface area contributed by atoms with E-state index in [4.69, 9.17) is 4.74 Å². The molecular weight excluding hydrogens is 364 g/mol. The number of nitrogens with zero attached hydrogens (tertiary/aromatic N) is 2. The summed E-state index contributed by atoms with van der Waals surface area (Å²) in [5.74, 6) is 1.39. The lowest BCUT2D eigenvalue weighted by atomic mass is 10.2. The first-order valence-corrected chi connectivity index (χ1v) is 10.7. The number of carbonyl (C=O) groups excluding carboxylic acids is 1. The van der Waals surface area contributed by atoms with E-state index < -0.39 is 0 Å². The first-order chi connectivity index (χ1) is 12.7. The van der Waals surface area contributed by atoms with Crippen molar-refractivity contribution < 1.29 is 9.53 Å². The van der Waals surface area contributed by atoms with Crippen LogP contribution in [0.25, 0.3) is 10.2 Å². The van der Waals surface area contributed by atoms with Crippen molar-refractivity contribution in [2.24, 2.45) is 4.99 Å². The zero-order chi connectivity index (χ0) is 18.5. The maximum atomic E-state index is 12.7. The van der Waals surface area contributed by atoms with E-state index in [0.29, 0.717) is 11.3 Å². The quantitative estimate of drug-likeness (QED) is 0.631. The van der Waals surface area contributed by atoms with E-state index in [0.717, 1.165) is 29.0 Å². The molecule has 0 N–H and O–H groups in total. The van der Waals surface area contributed by atoms with Crippen LogP contribution in [0, 0.1) is 0 Å². The van der Waals surface area contributed by atoms with Gasteiger partial charge in [0, 0.05) is 17.9 Å². The monoisotopic (exact) mass is 386 g/mol. The van der Waals surface area contributed by atoms with Crippen LogP contribution in [0.5, 0.6) is 5.75 Å². The van der Waals surface area contributed by atoms with Gasteiger partial charge in [0.1, 0.15) is 5.75 Å². The molecule has 1 heterocycles. The number of thiazole rings is 1. The molecule has 0 radical (unpaired) electrons. The van der Waals surface area contributed by atoms with Crippen molar-refractivity contribution in [2.75, 3.05) is 19.1 Å². The van der Waals surface area contributed by atoms with Gasteiger partial charge < -0.3 is 9.30 Å². The number of benzene rings is 2. The van der Waals surface area contributed by atoms with Crippen molar-refractivity contribution in [3.8, 4) is 5.75 Å². The van der Waals surface area contributed by atoms with Gasteiger partial charge in [-0.3, -0.25) is 4.79 Å². The van der Waals surface area contributed by atoms with Gasteiger partial charge in [-0.25, -0.2) is 0 Å². The van der Waals surface area contributed by atoms with Crippen LogP contribution in [-0.2, 0) is 13.0 Å². The largest absolute Gasteiger partial charge is 0.497 e. The SMILES string of the molecule is CCc1ccc2c(c1)sc(=NC(=O)c1cccc(OC)c1)n2CCSC. The van der Waals surface area contributed by atoms with Crippen molar-refractivity contribution in [2.45, 2.75) is 19.9 Å². The van der Waals surface area contributed by atoms with Crippen LogP contribution in [0.15, 0.2) is 47.5 Å². The van der Waals surface area contributed by atoms with Gasteiger partial charge in [-0.2, -0.15) is 16.8 Å². The summed E-state index contributed by atoms with van der Waals surface area (Å²) in [5.41, 5.74) is 2.97. The first kappa shape index (κ1) is 18.7. The molecule has 0 saturated heterocycles. The Hall–Kier alpha value is -2.05. The topological polar surface area (TPSA) is 43.6 Å². The predicted molar refractivity (Wildman–Crippen MR) is 110 cm³/mol. The lowest BCUT2D eigenvalue weighted by Crippen LogP contribution is -2.18. The molecule has 0 fully saturated rings. The van der Waals surface area contributed by atoms with Gasteiger partial charge in [-0.1, -0.05) is 30.4 Å². The third-order valence-electron chi connectivity index (χ3n) is 4.19. The maximum Gasteiger partial charge on any atom is 0.279 e. The Kier molecular flexibility index (Phi) is 6.16. The molecule has 0 atom stereocenters. The number of rotatable bonds is 6. The lowest BCUT2D eigenvalue weighted by Gasteiger charge is -2.04. The normalized spacial score (nSPS) is 11.9. The third-order valence-corrected chi connectivity index (χ3v) is 5.82. The van der Waals surface area contributed by atoms with Crippen molar-refractivity contribution >= 4 is 39.2 Å². The number of thioether (sulfide) groups is 1. The highest BCUT2D eigenvalue weighted by Crippen LogP contribution is 2.20. The van der Waals surface area contributed by atoms with Crippen molar-refractivity contribution in [3.63, 3.8) is 0 Å². The molecule has 3 rings (SSSR count). The summed E-state index contributed by atoms with van der Waals surface area (Å²) in [4.78, 5) is 17.8. The van der Waals surface area contributed by atoms with Gasteiger partial charge in [0.05, 0.1) is 17.3 Å². The maximum absolute atomic E-state index is 12.7. The Morgan fingerprint density at radius 1 is 1.27 bits per heavy atom. The van der Waals surface area contributed by atoms with E-state index in [1.807, 2.05) is 12.1 Å². The van der Waals surface area contributed by atoms with E-state index in [1.165, 1.54) is 10.3 Å². The predicted octanol–water partition coefficient (Wildman–Crippen LogP) is 4.38. The van der Waals surface area contributed by atoms with E-state index in [9.17, 15) is 4.79 Å². The molecule has 0 saturated carbocycles. The van der Waals surface area contributed by atoms with E-state index >= 15 is 0 Å². The fraction of sp³-hybridized carbons (Fsp3) is 0.300. The molecule has 1 aromatic heterocycles. The van der Waals surface area contributed by atoms with Crippen LogP contribution < -0.4 is 9.54 Å². The highest BCUT2D eigenvalue weighted by Gasteiger charge is 2.10. The van der Waals surface area contributed by atoms with Crippen LogP contribution in [0.1, 0.15) is 22.8 Å². The zero-order valence-electron chi connectivity index (χ0n) is 15.2. The van der Waals surface area contributed by atoms with Gasteiger partial charge in [0.15, 0.2) is 4.80 Å². The summed E-state index contributed by atoms with van der Waals surface area (Å²) in [7, 11) is 1.59. The molecule has 0 aliphatic rings. The fourth-order valence-corrected chi connectivity index (χ4v) is 4.21. The van der Waals surface area contributed by atoms with Gasteiger partial charge in [-0.05, 0) is 48.6 Å². The minimum atomic E-state index is -0.246. The lowest BCUT2D eigenvalue weighted by molar-refractivity contribution is 0.0997. The number of aromatic nitrogens is 1. The summed E-state index contributed by atoms with van der Waals surface area (Å²) >= 11 is 3.36. The molecule has 0 aliphatic carbocycles. The number of aryl methyl sites for hydroxylation is 2. The fourth-order valence-electron chi connectivity index (χ4n) is 2.73. The summed E-state index contributed by atoms with van der Waals surface area (Å²) in [6, 6.07) is 13.6. The van der Waals surface area contributed by atoms with Crippen LogP contribution in [0.2, 0.25) is 0 Å². The second-order valence-corrected chi connectivity index (χ2v) is 7.83. The van der Waals surface area contributed by atoms with E-state index in [-0.39, 0.29) is 5.91 Å². The average Bonchev–Trinajstić information content (AvgIpc) is 3.02. The number of ether oxygens (including phenoxy) is 1. The molecule has 0 bridgehead atoms.